The highest BCUT2D eigenvalue weighted by molar-refractivity contribution is 7.98. The van der Waals surface area contributed by atoms with Gasteiger partial charge in [0.05, 0.1) is 5.71 Å². The molecule has 6 heteroatoms. The second-order valence-electron chi connectivity index (χ2n) is 7.50. The molecule has 1 saturated heterocycles. The summed E-state index contributed by atoms with van der Waals surface area (Å²) in [7, 11) is 0. The van der Waals surface area contributed by atoms with Crippen molar-refractivity contribution in [3.05, 3.63) is 59.7 Å². The summed E-state index contributed by atoms with van der Waals surface area (Å²) in [5.41, 5.74) is 3.93. The predicted molar refractivity (Wildman–Crippen MR) is 114 cm³/mol. The van der Waals surface area contributed by atoms with E-state index in [1.165, 1.54) is 5.56 Å². The lowest BCUT2D eigenvalue weighted by Gasteiger charge is -2.37. The number of nitrogens with zero attached hydrogens (tertiary/aromatic N) is 2. The topological polar surface area (TPSA) is 53.9 Å². The molecular weight excluding hydrogens is 370 g/mol. The number of benzene rings is 2. The number of hydrogen-bond donors (Lipinski definition) is 1. The van der Waals surface area contributed by atoms with Crippen LogP contribution in [0.1, 0.15) is 30.4 Å². The maximum absolute atomic E-state index is 12.6. The Bertz CT molecular complexity index is 887. The van der Waals surface area contributed by atoms with E-state index in [9.17, 15) is 4.79 Å². The fourth-order valence-electron chi connectivity index (χ4n) is 3.71. The lowest BCUT2D eigenvalue weighted by Crippen LogP contribution is -2.48. The van der Waals surface area contributed by atoms with Crippen LogP contribution in [0, 0.1) is 6.92 Å². The summed E-state index contributed by atoms with van der Waals surface area (Å²) in [6, 6.07) is 16.3. The number of urea groups is 1. The molecule has 0 atom stereocenters. The highest BCUT2D eigenvalue weighted by Crippen LogP contribution is 2.36. The van der Waals surface area contributed by atoms with Crippen molar-refractivity contribution in [2.45, 2.75) is 36.7 Å². The summed E-state index contributed by atoms with van der Waals surface area (Å²) >= 11 is 1.66. The van der Waals surface area contributed by atoms with Gasteiger partial charge in [-0.15, -0.1) is 11.8 Å². The molecule has 2 heterocycles. The average Bonchev–Trinajstić information content (AvgIpc) is 3.12. The van der Waals surface area contributed by atoms with E-state index in [1.807, 2.05) is 35.4 Å². The Morgan fingerprint density at radius 1 is 1.18 bits per heavy atom. The van der Waals surface area contributed by atoms with Crippen LogP contribution in [0.25, 0.3) is 0 Å². The Balaban J connectivity index is 1.33. The van der Waals surface area contributed by atoms with E-state index in [1.54, 1.807) is 11.8 Å². The van der Waals surface area contributed by atoms with Crippen molar-refractivity contribution >= 4 is 29.2 Å². The number of hydrogen-bond acceptors (Lipinski definition) is 4. The molecule has 2 aliphatic heterocycles. The van der Waals surface area contributed by atoms with E-state index in [4.69, 9.17) is 4.84 Å². The standard InChI is InChI=1S/C22H25N3O2S/c1-16-6-8-17(9-7-16)20-15-22(27-24-20)10-12-25(13-11-22)21(26)23-18-4-3-5-19(14-18)28-2/h3-9,14H,10-13,15H2,1-2H3,(H,23,26). The lowest BCUT2D eigenvalue weighted by atomic mass is 9.85. The van der Waals surface area contributed by atoms with Gasteiger partial charge >= 0.3 is 6.03 Å². The molecule has 2 aromatic carbocycles. The first-order valence-corrected chi connectivity index (χ1v) is 10.8. The van der Waals surface area contributed by atoms with Crippen LogP contribution in [0.3, 0.4) is 0 Å². The zero-order valence-corrected chi connectivity index (χ0v) is 17.1. The minimum Gasteiger partial charge on any atom is -0.388 e. The van der Waals surface area contributed by atoms with Gasteiger partial charge in [0, 0.05) is 42.9 Å². The minimum atomic E-state index is -0.268. The number of carbonyl (C=O) groups excluding carboxylic acids is 1. The van der Waals surface area contributed by atoms with Crippen molar-refractivity contribution in [3.63, 3.8) is 0 Å². The monoisotopic (exact) mass is 395 g/mol. The molecule has 0 saturated carbocycles. The molecule has 0 aliphatic carbocycles. The molecule has 0 unspecified atom stereocenters. The van der Waals surface area contributed by atoms with Gasteiger partial charge < -0.3 is 15.1 Å². The molecule has 1 N–H and O–H groups in total. The van der Waals surface area contributed by atoms with Crippen LogP contribution in [0.2, 0.25) is 0 Å². The molecule has 2 aliphatic rings. The number of aryl methyl sites for hydroxylation is 1. The number of thioether (sulfide) groups is 1. The summed E-state index contributed by atoms with van der Waals surface area (Å²) in [5.74, 6) is 0. The predicted octanol–water partition coefficient (Wildman–Crippen LogP) is 4.91. The molecule has 28 heavy (non-hydrogen) atoms. The van der Waals surface area contributed by atoms with Gasteiger partial charge in [-0.05, 0) is 36.9 Å². The Kier molecular flexibility index (Phi) is 5.31. The molecule has 2 amide bonds. The summed E-state index contributed by atoms with van der Waals surface area (Å²) in [4.78, 5) is 21.5. The van der Waals surface area contributed by atoms with E-state index in [-0.39, 0.29) is 11.6 Å². The van der Waals surface area contributed by atoms with Crippen LogP contribution in [0.4, 0.5) is 10.5 Å². The SMILES string of the molecule is CSc1cccc(NC(=O)N2CCC3(CC2)CC(c2ccc(C)cc2)=NO3)c1. The first-order chi connectivity index (χ1) is 13.6. The van der Waals surface area contributed by atoms with Crippen LogP contribution in [0.5, 0.6) is 0 Å². The van der Waals surface area contributed by atoms with Crippen LogP contribution in [0.15, 0.2) is 58.6 Å². The molecule has 0 radical (unpaired) electrons. The summed E-state index contributed by atoms with van der Waals surface area (Å²) < 4.78 is 0. The first-order valence-electron chi connectivity index (χ1n) is 9.59. The molecule has 4 rings (SSSR count). The summed E-state index contributed by atoms with van der Waals surface area (Å²) in [5, 5.41) is 7.37. The fraction of sp³-hybridized carbons (Fsp3) is 0.364. The van der Waals surface area contributed by atoms with Crippen LogP contribution < -0.4 is 5.32 Å². The third kappa shape index (κ3) is 4.02. The normalized spacial score (nSPS) is 17.9. The van der Waals surface area contributed by atoms with Gasteiger partial charge in [-0.25, -0.2) is 4.79 Å². The average molecular weight is 396 g/mol. The number of amides is 2. The third-order valence-corrected chi connectivity index (χ3v) is 6.23. The van der Waals surface area contributed by atoms with Crippen molar-refractivity contribution in [2.75, 3.05) is 24.7 Å². The molecular formula is C22H25N3O2S. The number of carbonyl (C=O) groups is 1. The molecule has 146 valence electrons. The van der Waals surface area contributed by atoms with Crippen molar-refractivity contribution in [3.8, 4) is 0 Å². The van der Waals surface area contributed by atoms with Gasteiger partial charge in [0.15, 0.2) is 0 Å². The highest BCUT2D eigenvalue weighted by Gasteiger charge is 2.43. The van der Waals surface area contributed by atoms with E-state index in [0.717, 1.165) is 41.1 Å². The lowest BCUT2D eigenvalue weighted by molar-refractivity contribution is -0.0544. The molecule has 2 aromatic rings. The van der Waals surface area contributed by atoms with E-state index in [0.29, 0.717) is 13.1 Å². The smallest absolute Gasteiger partial charge is 0.321 e. The van der Waals surface area contributed by atoms with Gasteiger partial charge in [-0.2, -0.15) is 0 Å². The number of rotatable bonds is 3. The highest BCUT2D eigenvalue weighted by atomic mass is 32.2. The van der Waals surface area contributed by atoms with Crippen LogP contribution in [-0.4, -0.2) is 41.6 Å². The number of likely N-dealkylation sites (tertiary alicyclic amines) is 1. The largest absolute Gasteiger partial charge is 0.388 e. The summed E-state index contributed by atoms with van der Waals surface area (Å²) in [6.45, 7) is 3.42. The van der Waals surface area contributed by atoms with Gasteiger partial charge in [-0.3, -0.25) is 0 Å². The maximum Gasteiger partial charge on any atom is 0.321 e. The number of nitrogens with one attached hydrogen (secondary N) is 1. The second kappa shape index (κ2) is 7.87. The molecule has 1 spiro atoms. The Labute approximate surface area is 170 Å². The first kappa shape index (κ1) is 18.9. The zero-order chi connectivity index (χ0) is 19.6. The van der Waals surface area contributed by atoms with Crippen molar-refractivity contribution < 1.29 is 9.63 Å². The Morgan fingerprint density at radius 3 is 2.64 bits per heavy atom. The van der Waals surface area contributed by atoms with Gasteiger partial charge in [-0.1, -0.05) is 41.1 Å². The molecule has 0 aromatic heterocycles. The fourth-order valence-corrected chi connectivity index (χ4v) is 4.17. The van der Waals surface area contributed by atoms with Gasteiger partial charge in [0.2, 0.25) is 0 Å². The van der Waals surface area contributed by atoms with Crippen molar-refractivity contribution in [2.24, 2.45) is 5.16 Å². The molecule has 1 fully saturated rings. The third-order valence-electron chi connectivity index (χ3n) is 5.51. The van der Waals surface area contributed by atoms with Gasteiger partial charge in [0.25, 0.3) is 0 Å². The Hall–Kier alpha value is -2.47. The number of oxime groups is 1. The zero-order valence-electron chi connectivity index (χ0n) is 16.3. The quantitative estimate of drug-likeness (QED) is 0.752. The minimum absolute atomic E-state index is 0.0502. The number of anilines is 1. The van der Waals surface area contributed by atoms with Gasteiger partial charge in [0.1, 0.15) is 5.60 Å². The van der Waals surface area contributed by atoms with E-state index >= 15 is 0 Å². The van der Waals surface area contributed by atoms with Crippen molar-refractivity contribution in [1.82, 2.24) is 4.90 Å². The van der Waals surface area contributed by atoms with Crippen LogP contribution in [-0.2, 0) is 4.84 Å². The summed E-state index contributed by atoms with van der Waals surface area (Å²) in [6.07, 6.45) is 4.43. The molecule has 5 nitrogen and oxygen atoms in total. The van der Waals surface area contributed by atoms with Crippen molar-refractivity contribution in [1.29, 1.82) is 0 Å². The van der Waals surface area contributed by atoms with E-state index in [2.05, 4.69) is 41.7 Å². The Morgan fingerprint density at radius 2 is 1.93 bits per heavy atom. The second-order valence-corrected chi connectivity index (χ2v) is 8.38. The van der Waals surface area contributed by atoms with Crippen LogP contribution >= 0.6 is 11.8 Å². The molecule has 0 bridgehead atoms. The maximum atomic E-state index is 12.6. The number of piperidine rings is 1. The van der Waals surface area contributed by atoms with E-state index < -0.39 is 0 Å².